The van der Waals surface area contributed by atoms with Gasteiger partial charge in [-0.25, -0.2) is 4.79 Å². The van der Waals surface area contributed by atoms with Crippen molar-refractivity contribution in [1.29, 1.82) is 0 Å². The van der Waals surface area contributed by atoms with Crippen LogP contribution in [-0.4, -0.2) is 75.0 Å². The quantitative estimate of drug-likeness (QED) is 0.483. The Balaban J connectivity index is 2.16. The number of rotatable bonds is 2. The molecule has 2 rings (SSSR count). The summed E-state index contributed by atoms with van der Waals surface area (Å²) < 4.78 is 21.7. The molecule has 1 saturated heterocycles. The molecule has 1 amide bonds. The Kier molecular flexibility index (Phi) is 10.2. The monoisotopic (exact) mass is 437 g/mol. The third-order valence-electron chi connectivity index (χ3n) is 5.88. The summed E-state index contributed by atoms with van der Waals surface area (Å²) in [6.07, 6.45) is 8.26. The molecule has 8 heteroatoms. The molecule has 2 heterocycles. The highest BCUT2D eigenvalue weighted by molar-refractivity contribution is 5.85. The lowest BCUT2D eigenvalue weighted by Crippen LogP contribution is -2.42. The first-order valence-corrected chi connectivity index (χ1v) is 10.9. The standard InChI is InChI=1S/C23H35NO7/c1-16-8-5-11-21(25)24-13-7-10-18(24)23(27)31-15-20(29-4)17(2)9-6-12-22(26)30-14-19(16)28-3/h5-6,8-9,16-20H,7,10-15H2,1-4H3/t16-,17+,18-,19-,20+/m0/s1. The summed E-state index contributed by atoms with van der Waals surface area (Å²) in [6.45, 7) is 4.62. The van der Waals surface area contributed by atoms with E-state index in [9.17, 15) is 14.4 Å². The maximum atomic E-state index is 12.7. The fraction of sp³-hybridized carbons (Fsp3) is 0.696. The van der Waals surface area contributed by atoms with Gasteiger partial charge in [-0.15, -0.1) is 0 Å². The van der Waals surface area contributed by atoms with Crippen molar-refractivity contribution >= 4 is 17.8 Å². The molecule has 31 heavy (non-hydrogen) atoms. The lowest BCUT2D eigenvalue weighted by Gasteiger charge is -2.25. The fourth-order valence-electron chi connectivity index (χ4n) is 3.80. The van der Waals surface area contributed by atoms with E-state index < -0.39 is 12.0 Å². The lowest BCUT2D eigenvalue weighted by atomic mass is 10.0. The van der Waals surface area contributed by atoms with Crippen LogP contribution in [0, 0.1) is 11.8 Å². The molecular weight excluding hydrogens is 402 g/mol. The topological polar surface area (TPSA) is 91.4 Å². The number of amides is 1. The van der Waals surface area contributed by atoms with Crippen LogP contribution in [0.2, 0.25) is 0 Å². The molecule has 0 saturated carbocycles. The molecule has 8 nitrogen and oxygen atoms in total. The average molecular weight is 438 g/mol. The van der Waals surface area contributed by atoms with Crippen LogP contribution in [0.1, 0.15) is 39.5 Å². The summed E-state index contributed by atoms with van der Waals surface area (Å²) in [4.78, 5) is 39.0. The summed E-state index contributed by atoms with van der Waals surface area (Å²) in [6, 6.07) is -0.554. The zero-order valence-electron chi connectivity index (χ0n) is 19.0. The van der Waals surface area contributed by atoms with Crippen LogP contribution in [0.5, 0.6) is 0 Å². The van der Waals surface area contributed by atoms with Crippen molar-refractivity contribution in [1.82, 2.24) is 4.90 Å². The molecule has 2 aliphatic heterocycles. The van der Waals surface area contributed by atoms with E-state index in [0.717, 1.165) is 6.42 Å². The van der Waals surface area contributed by atoms with Crippen LogP contribution < -0.4 is 0 Å². The van der Waals surface area contributed by atoms with Gasteiger partial charge in [-0.3, -0.25) is 9.59 Å². The van der Waals surface area contributed by atoms with Gasteiger partial charge in [0.25, 0.3) is 0 Å². The number of carbonyl (C=O) groups is 3. The van der Waals surface area contributed by atoms with Crippen LogP contribution in [0.3, 0.4) is 0 Å². The molecule has 5 atom stereocenters. The van der Waals surface area contributed by atoms with Crippen LogP contribution in [0.4, 0.5) is 0 Å². The van der Waals surface area contributed by atoms with Gasteiger partial charge in [0.2, 0.25) is 5.91 Å². The number of cyclic esters (lactones) is 2. The van der Waals surface area contributed by atoms with Gasteiger partial charge in [-0.05, 0) is 12.8 Å². The molecule has 0 aromatic rings. The van der Waals surface area contributed by atoms with E-state index in [-0.39, 0.29) is 62.0 Å². The second-order valence-electron chi connectivity index (χ2n) is 8.09. The molecule has 0 aromatic carbocycles. The van der Waals surface area contributed by atoms with Gasteiger partial charge >= 0.3 is 11.9 Å². The number of methoxy groups -OCH3 is 2. The summed E-state index contributed by atoms with van der Waals surface area (Å²) in [5.41, 5.74) is 0. The van der Waals surface area contributed by atoms with Crippen molar-refractivity contribution in [2.75, 3.05) is 34.0 Å². The van der Waals surface area contributed by atoms with E-state index in [1.54, 1.807) is 31.3 Å². The number of fused-ring (bicyclic) bond motifs is 1. The lowest BCUT2D eigenvalue weighted by molar-refractivity contribution is -0.156. The first-order valence-electron chi connectivity index (χ1n) is 10.9. The number of nitrogens with zero attached hydrogens (tertiary/aromatic N) is 1. The third-order valence-corrected chi connectivity index (χ3v) is 5.88. The molecule has 174 valence electrons. The molecule has 0 radical (unpaired) electrons. The Labute approximate surface area is 184 Å². The van der Waals surface area contributed by atoms with Gasteiger partial charge in [0.1, 0.15) is 19.3 Å². The zero-order chi connectivity index (χ0) is 22.8. The highest BCUT2D eigenvalue weighted by Gasteiger charge is 2.35. The number of hydrogen-bond donors (Lipinski definition) is 0. The Morgan fingerprint density at radius 1 is 0.903 bits per heavy atom. The highest BCUT2D eigenvalue weighted by Crippen LogP contribution is 2.21. The van der Waals surface area contributed by atoms with E-state index in [1.165, 1.54) is 0 Å². The molecule has 0 aromatic heterocycles. The van der Waals surface area contributed by atoms with Crippen LogP contribution in [0.25, 0.3) is 0 Å². The van der Waals surface area contributed by atoms with Crippen molar-refractivity contribution in [3.05, 3.63) is 24.3 Å². The Hall–Kier alpha value is -2.19. The summed E-state index contributed by atoms with van der Waals surface area (Å²) in [7, 11) is 3.12. The predicted octanol–water partition coefficient (Wildman–Crippen LogP) is 2.27. The predicted molar refractivity (Wildman–Crippen MR) is 114 cm³/mol. The molecule has 0 bridgehead atoms. The normalized spacial score (nSPS) is 31.9. The largest absolute Gasteiger partial charge is 0.463 e. The Bertz CT molecular complexity index is 675. The van der Waals surface area contributed by atoms with Crippen LogP contribution in [0.15, 0.2) is 24.3 Å². The van der Waals surface area contributed by atoms with Crippen molar-refractivity contribution in [2.24, 2.45) is 11.8 Å². The molecule has 2 aliphatic rings. The molecule has 0 unspecified atom stereocenters. The SMILES string of the molecule is CO[C@H]1COC(=O)CC=C[C@@H](C)[C@H](OC)COC(=O)[C@@H]2CCCN2C(=O)CC=C[C@@H]1C. The summed E-state index contributed by atoms with van der Waals surface area (Å²) in [5, 5.41) is 0. The van der Waals surface area contributed by atoms with Gasteiger partial charge in [-0.1, -0.05) is 38.2 Å². The number of carbonyl (C=O) groups excluding carboxylic acids is 3. The van der Waals surface area contributed by atoms with Gasteiger partial charge in [0, 0.05) is 39.0 Å². The second-order valence-corrected chi connectivity index (χ2v) is 8.09. The molecule has 1 fully saturated rings. The van der Waals surface area contributed by atoms with Gasteiger partial charge in [-0.2, -0.15) is 0 Å². The van der Waals surface area contributed by atoms with Crippen molar-refractivity contribution < 1.29 is 33.3 Å². The highest BCUT2D eigenvalue weighted by atomic mass is 16.6. The first kappa shape index (κ1) is 25.1. The van der Waals surface area contributed by atoms with Gasteiger partial charge in [0.15, 0.2) is 0 Å². The summed E-state index contributed by atoms with van der Waals surface area (Å²) in [5.74, 6) is -0.992. The molecular formula is C23H35NO7. The maximum absolute atomic E-state index is 12.7. The van der Waals surface area contributed by atoms with E-state index in [0.29, 0.717) is 13.0 Å². The molecule has 0 N–H and O–H groups in total. The van der Waals surface area contributed by atoms with Gasteiger partial charge in [0.05, 0.1) is 18.6 Å². The smallest absolute Gasteiger partial charge is 0.328 e. The van der Waals surface area contributed by atoms with Crippen molar-refractivity contribution in [2.45, 2.75) is 57.8 Å². The second kappa shape index (κ2) is 12.6. The third kappa shape index (κ3) is 7.47. The van der Waals surface area contributed by atoms with E-state index in [4.69, 9.17) is 18.9 Å². The molecule has 0 aliphatic carbocycles. The fourth-order valence-corrected chi connectivity index (χ4v) is 3.80. The van der Waals surface area contributed by atoms with Crippen molar-refractivity contribution in [3.8, 4) is 0 Å². The zero-order valence-corrected chi connectivity index (χ0v) is 19.0. The van der Waals surface area contributed by atoms with Crippen LogP contribution >= 0.6 is 0 Å². The van der Waals surface area contributed by atoms with E-state index in [1.807, 2.05) is 26.0 Å². The minimum absolute atomic E-state index is 0.0509. The Morgan fingerprint density at radius 3 is 2.10 bits per heavy atom. The first-order chi connectivity index (χ1) is 14.9. The minimum atomic E-state index is -0.554. The van der Waals surface area contributed by atoms with E-state index in [2.05, 4.69) is 0 Å². The van der Waals surface area contributed by atoms with Crippen molar-refractivity contribution in [3.63, 3.8) is 0 Å². The average Bonchev–Trinajstić information content (AvgIpc) is 3.24. The number of ether oxygens (including phenoxy) is 4. The van der Waals surface area contributed by atoms with Crippen LogP contribution in [-0.2, 0) is 33.3 Å². The molecule has 0 spiro atoms. The van der Waals surface area contributed by atoms with Gasteiger partial charge < -0.3 is 23.8 Å². The summed E-state index contributed by atoms with van der Waals surface area (Å²) >= 11 is 0. The Morgan fingerprint density at radius 2 is 1.48 bits per heavy atom. The maximum Gasteiger partial charge on any atom is 0.328 e. The minimum Gasteiger partial charge on any atom is -0.463 e. The van der Waals surface area contributed by atoms with E-state index >= 15 is 0 Å². The number of esters is 2. The number of hydrogen-bond acceptors (Lipinski definition) is 7.